The molecule has 1 atom stereocenters. The summed E-state index contributed by atoms with van der Waals surface area (Å²) in [5, 5.41) is 0. The number of ether oxygens (including phenoxy) is 1. The molecule has 1 aromatic heterocycles. The molecule has 2 N–H and O–H groups in total. The van der Waals surface area contributed by atoms with Gasteiger partial charge in [0.1, 0.15) is 5.60 Å². The highest BCUT2D eigenvalue weighted by atomic mass is 16.6. The summed E-state index contributed by atoms with van der Waals surface area (Å²) in [5.41, 5.74) is 6.26. The first-order chi connectivity index (χ1) is 7.92. The maximum atomic E-state index is 11.7. The maximum Gasteiger partial charge on any atom is 0.306 e. The predicted molar refractivity (Wildman–Crippen MR) is 66.5 cm³/mol. The SMILES string of the molecule is CC(C)(C)OC(=O)CC(CN)c1ccncc1. The number of carbonyl (C=O) groups is 1. The second-order valence-corrected chi connectivity index (χ2v) is 5.00. The van der Waals surface area contributed by atoms with Crippen molar-refractivity contribution >= 4 is 5.97 Å². The zero-order valence-corrected chi connectivity index (χ0v) is 10.6. The molecule has 0 aromatic carbocycles. The number of hydrogen-bond donors (Lipinski definition) is 1. The standard InChI is InChI=1S/C13H20N2O2/c1-13(2,3)17-12(16)8-11(9-14)10-4-6-15-7-5-10/h4-7,11H,8-9,14H2,1-3H3. The van der Waals surface area contributed by atoms with E-state index in [0.29, 0.717) is 13.0 Å². The molecule has 1 rings (SSSR count). The lowest BCUT2D eigenvalue weighted by molar-refractivity contribution is -0.155. The van der Waals surface area contributed by atoms with Crippen LogP contribution in [0.15, 0.2) is 24.5 Å². The van der Waals surface area contributed by atoms with E-state index >= 15 is 0 Å². The third-order valence-corrected chi connectivity index (χ3v) is 2.30. The number of nitrogens with two attached hydrogens (primary N) is 1. The number of nitrogens with zero attached hydrogens (tertiary/aromatic N) is 1. The van der Waals surface area contributed by atoms with Crippen LogP contribution in [0.4, 0.5) is 0 Å². The minimum Gasteiger partial charge on any atom is -0.460 e. The van der Waals surface area contributed by atoms with Crippen LogP contribution in [0.25, 0.3) is 0 Å². The highest BCUT2D eigenvalue weighted by Gasteiger charge is 2.20. The highest BCUT2D eigenvalue weighted by molar-refractivity contribution is 5.71. The Hall–Kier alpha value is -1.42. The van der Waals surface area contributed by atoms with Crippen LogP contribution in [0.3, 0.4) is 0 Å². The molecule has 0 aliphatic heterocycles. The topological polar surface area (TPSA) is 65.2 Å². The average molecular weight is 236 g/mol. The van der Waals surface area contributed by atoms with Crippen molar-refractivity contribution in [3.8, 4) is 0 Å². The monoisotopic (exact) mass is 236 g/mol. The van der Waals surface area contributed by atoms with Crippen LogP contribution in [0.5, 0.6) is 0 Å². The number of hydrogen-bond acceptors (Lipinski definition) is 4. The number of carbonyl (C=O) groups excluding carboxylic acids is 1. The highest BCUT2D eigenvalue weighted by Crippen LogP contribution is 2.19. The van der Waals surface area contributed by atoms with E-state index in [4.69, 9.17) is 10.5 Å². The van der Waals surface area contributed by atoms with Gasteiger partial charge in [-0.3, -0.25) is 9.78 Å². The van der Waals surface area contributed by atoms with Gasteiger partial charge in [0.25, 0.3) is 0 Å². The van der Waals surface area contributed by atoms with Crippen molar-refractivity contribution in [2.75, 3.05) is 6.54 Å². The summed E-state index contributed by atoms with van der Waals surface area (Å²) in [4.78, 5) is 15.7. The summed E-state index contributed by atoms with van der Waals surface area (Å²) in [7, 11) is 0. The Balaban J connectivity index is 2.62. The van der Waals surface area contributed by atoms with Gasteiger partial charge in [0.15, 0.2) is 0 Å². The van der Waals surface area contributed by atoms with Crippen LogP contribution in [0, 0.1) is 0 Å². The van der Waals surface area contributed by atoms with Crippen molar-refractivity contribution in [2.24, 2.45) is 5.73 Å². The van der Waals surface area contributed by atoms with Gasteiger partial charge >= 0.3 is 5.97 Å². The first-order valence-corrected chi connectivity index (χ1v) is 5.74. The van der Waals surface area contributed by atoms with Crippen LogP contribution in [-0.2, 0) is 9.53 Å². The van der Waals surface area contributed by atoms with Gasteiger partial charge in [0.05, 0.1) is 6.42 Å². The Bertz CT molecular complexity index is 357. The molecule has 94 valence electrons. The Kier molecular flexibility index (Phi) is 4.63. The van der Waals surface area contributed by atoms with E-state index < -0.39 is 5.60 Å². The predicted octanol–water partition coefficient (Wildman–Crippen LogP) is 1.86. The number of aromatic nitrogens is 1. The molecule has 0 fully saturated rings. The van der Waals surface area contributed by atoms with Gasteiger partial charge in [0.2, 0.25) is 0 Å². The van der Waals surface area contributed by atoms with Gasteiger partial charge in [-0.05, 0) is 45.0 Å². The third kappa shape index (κ3) is 4.95. The fourth-order valence-electron chi connectivity index (χ4n) is 1.56. The minimum absolute atomic E-state index is 0.00662. The second kappa shape index (κ2) is 5.77. The van der Waals surface area contributed by atoms with Crippen molar-refractivity contribution < 1.29 is 9.53 Å². The first-order valence-electron chi connectivity index (χ1n) is 5.74. The lowest BCUT2D eigenvalue weighted by Gasteiger charge is -2.21. The zero-order chi connectivity index (χ0) is 12.9. The van der Waals surface area contributed by atoms with Crippen LogP contribution in [0.1, 0.15) is 38.7 Å². The summed E-state index contributed by atoms with van der Waals surface area (Å²) in [5.74, 6) is -0.224. The smallest absolute Gasteiger partial charge is 0.306 e. The molecule has 0 aliphatic carbocycles. The fraction of sp³-hybridized carbons (Fsp3) is 0.538. The normalized spacial score (nSPS) is 13.2. The lowest BCUT2D eigenvalue weighted by atomic mass is 9.97. The average Bonchev–Trinajstić information content (AvgIpc) is 2.24. The molecule has 0 aliphatic rings. The lowest BCUT2D eigenvalue weighted by Crippen LogP contribution is -2.26. The van der Waals surface area contributed by atoms with Gasteiger partial charge < -0.3 is 10.5 Å². The van der Waals surface area contributed by atoms with Crippen LogP contribution in [0.2, 0.25) is 0 Å². The largest absolute Gasteiger partial charge is 0.460 e. The summed E-state index contributed by atoms with van der Waals surface area (Å²) in [6, 6.07) is 3.75. The number of esters is 1. The maximum absolute atomic E-state index is 11.7. The van der Waals surface area contributed by atoms with E-state index in [1.807, 2.05) is 32.9 Å². The summed E-state index contributed by atoms with van der Waals surface area (Å²) in [6.45, 7) is 5.99. The van der Waals surface area contributed by atoms with Crippen LogP contribution < -0.4 is 5.73 Å². The van der Waals surface area contributed by atoms with E-state index in [9.17, 15) is 4.79 Å². The fourth-order valence-corrected chi connectivity index (χ4v) is 1.56. The molecule has 0 spiro atoms. The van der Waals surface area contributed by atoms with Crippen molar-refractivity contribution in [1.29, 1.82) is 0 Å². The molecule has 0 radical (unpaired) electrons. The first kappa shape index (κ1) is 13.6. The summed E-state index contributed by atoms with van der Waals surface area (Å²) >= 11 is 0. The van der Waals surface area contributed by atoms with Crippen molar-refractivity contribution in [1.82, 2.24) is 4.98 Å². The van der Waals surface area contributed by atoms with E-state index in [2.05, 4.69) is 4.98 Å². The Morgan fingerprint density at radius 3 is 2.47 bits per heavy atom. The molecule has 0 bridgehead atoms. The van der Waals surface area contributed by atoms with E-state index in [0.717, 1.165) is 5.56 Å². The van der Waals surface area contributed by atoms with Gasteiger partial charge in [-0.1, -0.05) is 0 Å². The van der Waals surface area contributed by atoms with Gasteiger partial charge in [-0.15, -0.1) is 0 Å². The van der Waals surface area contributed by atoms with E-state index in [1.54, 1.807) is 12.4 Å². The van der Waals surface area contributed by atoms with Gasteiger partial charge in [0, 0.05) is 18.3 Å². The number of rotatable bonds is 4. The van der Waals surface area contributed by atoms with Crippen LogP contribution >= 0.6 is 0 Å². The molecule has 4 heteroatoms. The molecule has 4 nitrogen and oxygen atoms in total. The minimum atomic E-state index is -0.450. The van der Waals surface area contributed by atoms with Crippen molar-refractivity contribution in [2.45, 2.75) is 38.7 Å². The van der Waals surface area contributed by atoms with Crippen LogP contribution in [-0.4, -0.2) is 23.1 Å². The molecular weight excluding hydrogens is 216 g/mol. The Morgan fingerprint density at radius 2 is 2.00 bits per heavy atom. The second-order valence-electron chi connectivity index (χ2n) is 5.00. The Morgan fingerprint density at radius 1 is 1.41 bits per heavy atom. The summed E-state index contributed by atoms with van der Waals surface area (Å²) < 4.78 is 5.28. The van der Waals surface area contributed by atoms with Crippen molar-refractivity contribution in [3.63, 3.8) is 0 Å². The van der Waals surface area contributed by atoms with E-state index in [-0.39, 0.29) is 11.9 Å². The molecule has 0 amide bonds. The molecule has 17 heavy (non-hydrogen) atoms. The van der Waals surface area contributed by atoms with E-state index in [1.165, 1.54) is 0 Å². The van der Waals surface area contributed by atoms with Crippen molar-refractivity contribution in [3.05, 3.63) is 30.1 Å². The molecule has 1 heterocycles. The quantitative estimate of drug-likeness (QED) is 0.810. The van der Waals surface area contributed by atoms with Gasteiger partial charge in [-0.25, -0.2) is 0 Å². The molecule has 0 saturated heterocycles. The summed E-state index contributed by atoms with van der Waals surface area (Å²) in [6.07, 6.45) is 3.71. The zero-order valence-electron chi connectivity index (χ0n) is 10.6. The molecule has 1 unspecified atom stereocenters. The molecular formula is C13H20N2O2. The van der Waals surface area contributed by atoms with Gasteiger partial charge in [-0.2, -0.15) is 0 Å². The number of pyridine rings is 1. The molecule has 1 aromatic rings. The third-order valence-electron chi connectivity index (χ3n) is 2.30. The molecule has 0 saturated carbocycles. The Labute approximate surface area is 102 Å².